The highest BCUT2D eigenvalue weighted by Gasteiger charge is 2.63. The first-order valence-electron chi connectivity index (χ1n) is 6.78. The van der Waals surface area contributed by atoms with E-state index in [1.807, 2.05) is 18.2 Å². The first-order chi connectivity index (χ1) is 8.47. The van der Waals surface area contributed by atoms with Crippen LogP contribution >= 0.6 is 0 Å². The van der Waals surface area contributed by atoms with Crippen molar-refractivity contribution in [3.63, 3.8) is 0 Å². The summed E-state index contributed by atoms with van der Waals surface area (Å²) in [7, 11) is 0. The molecule has 2 aliphatic rings. The van der Waals surface area contributed by atoms with Crippen LogP contribution in [0.25, 0.3) is 6.08 Å². The van der Waals surface area contributed by atoms with Crippen LogP contribution in [-0.4, -0.2) is 5.78 Å². The van der Waals surface area contributed by atoms with Crippen molar-refractivity contribution >= 4 is 11.9 Å². The summed E-state index contributed by atoms with van der Waals surface area (Å²) in [6, 6.07) is 10.2. The second-order valence-corrected chi connectivity index (χ2v) is 6.48. The number of hydrogen-bond donors (Lipinski definition) is 0. The van der Waals surface area contributed by atoms with Gasteiger partial charge >= 0.3 is 0 Å². The smallest absolute Gasteiger partial charge is 0.163 e. The van der Waals surface area contributed by atoms with Crippen molar-refractivity contribution in [2.75, 3.05) is 0 Å². The zero-order valence-electron chi connectivity index (χ0n) is 11.4. The summed E-state index contributed by atoms with van der Waals surface area (Å²) in [5.41, 5.74) is 2.37. The Labute approximate surface area is 109 Å². The highest BCUT2D eigenvalue weighted by Crippen LogP contribution is 2.66. The van der Waals surface area contributed by atoms with Crippen LogP contribution < -0.4 is 0 Å². The third kappa shape index (κ3) is 1.31. The molecule has 0 heterocycles. The van der Waals surface area contributed by atoms with Gasteiger partial charge in [-0.15, -0.1) is 0 Å². The minimum Gasteiger partial charge on any atom is -0.294 e. The van der Waals surface area contributed by atoms with Crippen LogP contribution in [0.4, 0.5) is 0 Å². The van der Waals surface area contributed by atoms with Gasteiger partial charge in [-0.25, -0.2) is 0 Å². The van der Waals surface area contributed by atoms with Gasteiger partial charge in [-0.05, 0) is 29.9 Å². The molecule has 0 amide bonds. The maximum atomic E-state index is 12.5. The van der Waals surface area contributed by atoms with E-state index in [1.54, 1.807) is 0 Å². The fourth-order valence-electron chi connectivity index (χ4n) is 3.85. The van der Waals surface area contributed by atoms with E-state index >= 15 is 0 Å². The molecule has 2 bridgehead atoms. The van der Waals surface area contributed by atoms with Crippen molar-refractivity contribution in [3.8, 4) is 0 Å². The molecule has 1 aromatic rings. The molecule has 1 heteroatoms. The molecule has 0 aliphatic heterocycles. The quantitative estimate of drug-likeness (QED) is 0.675. The van der Waals surface area contributed by atoms with Crippen LogP contribution in [0.5, 0.6) is 0 Å². The number of ketones is 1. The molecule has 18 heavy (non-hydrogen) atoms. The van der Waals surface area contributed by atoms with Crippen molar-refractivity contribution in [3.05, 3.63) is 41.5 Å². The molecule has 1 aromatic carbocycles. The van der Waals surface area contributed by atoms with Crippen LogP contribution in [0.3, 0.4) is 0 Å². The highest BCUT2D eigenvalue weighted by atomic mass is 16.1. The van der Waals surface area contributed by atoms with Gasteiger partial charge in [-0.1, -0.05) is 51.1 Å². The van der Waals surface area contributed by atoms with Gasteiger partial charge in [0.1, 0.15) is 0 Å². The van der Waals surface area contributed by atoms with Crippen molar-refractivity contribution in [2.24, 2.45) is 16.7 Å². The SMILES string of the molecule is CC12CCC(C(=O)/C1=C/c1ccccc1)C2(C)C. The second-order valence-electron chi connectivity index (χ2n) is 6.48. The number of benzene rings is 1. The van der Waals surface area contributed by atoms with E-state index in [2.05, 4.69) is 39.0 Å². The number of carbonyl (C=O) groups excluding carboxylic acids is 1. The van der Waals surface area contributed by atoms with Crippen LogP contribution in [0, 0.1) is 16.7 Å². The van der Waals surface area contributed by atoms with Crippen molar-refractivity contribution in [1.29, 1.82) is 0 Å². The van der Waals surface area contributed by atoms with E-state index in [4.69, 9.17) is 0 Å². The first kappa shape index (κ1) is 11.7. The Morgan fingerprint density at radius 2 is 1.83 bits per heavy atom. The van der Waals surface area contributed by atoms with E-state index in [0.29, 0.717) is 5.78 Å². The number of carbonyl (C=O) groups is 1. The molecule has 94 valence electrons. The molecule has 0 N–H and O–H groups in total. The minimum absolute atomic E-state index is 0.0601. The second kappa shape index (κ2) is 3.57. The van der Waals surface area contributed by atoms with Gasteiger partial charge in [-0.3, -0.25) is 4.79 Å². The zero-order chi connectivity index (χ0) is 13.0. The molecule has 2 atom stereocenters. The van der Waals surface area contributed by atoms with Crippen molar-refractivity contribution < 1.29 is 4.79 Å². The average Bonchev–Trinajstić information content (AvgIpc) is 2.65. The number of fused-ring (bicyclic) bond motifs is 2. The molecule has 3 rings (SSSR count). The van der Waals surface area contributed by atoms with Gasteiger partial charge in [-0.2, -0.15) is 0 Å². The molecule has 2 aliphatic carbocycles. The lowest BCUT2D eigenvalue weighted by Crippen LogP contribution is -2.27. The lowest BCUT2D eigenvalue weighted by molar-refractivity contribution is -0.119. The zero-order valence-corrected chi connectivity index (χ0v) is 11.4. The molecule has 2 unspecified atom stereocenters. The maximum Gasteiger partial charge on any atom is 0.163 e. The topological polar surface area (TPSA) is 17.1 Å². The summed E-state index contributed by atoms with van der Waals surface area (Å²) in [4.78, 5) is 12.5. The molecule has 2 saturated carbocycles. The normalized spacial score (nSPS) is 35.4. The van der Waals surface area contributed by atoms with Gasteiger partial charge < -0.3 is 0 Å². The lowest BCUT2D eigenvalue weighted by atomic mass is 9.69. The summed E-state index contributed by atoms with van der Waals surface area (Å²) in [6.07, 6.45) is 4.33. The summed E-state index contributed by atoms with van der Waals surface area (Å²) in [5, 5.41) is 0. The Hall–Kier alpha value is -1.37. The first-order valence-corrected chi connectivity index (χ1v) is 6.78. The van der Waals surface area contributed by atoms with Gasteiger partial charge in [0.25, 0.3) is 0 Å². The minimum atomic E-state index is 0.0601. The monoisotopic (exact) mass is 240 g/mol. The van der Waals surface area contributed by atoms with Crippen molar-refractivity contribution in [2.45, 2.75) is 33.6 Å². The summed E-state index contributed by atoms with van der Waals surface area (Å²) in [6.45, 7) is 6.79. The van der Waals surface area contributed by atoms with E-state index in [1.165, 1.54) is 0 Å². The molecule has 0 spiro atoms. The standard InChI is InChI=1S/C17H20O/c1-16(2)13-9-10-17(16,3)14(15(13)18)11-12-7-5-4-6-8-12/h4-8,11,13H,9-10H2,1-3H3/b14-11-. The highest BCUT2D eigenvalue weighted by molar-refractivity contribution is 6.06. The Balaban J connectivity index is 2.10. The molecular formula is C17H20O. The Bertz CT molecular complexity index is 524. The van der Waals surface area contributed by atoms with Crippen LogP contribution in [0.1, 0.15) is 39.2 Å². The van der Waals surface area contributed by atoms with Gasteiger partial charge in [0, 0.05) is 16.9 Å². The summed E-state index contributed by atoms with van der Waals surface area (Å²) >= 11 is 0. The fraction of sp³-hybridized carbons (Fsp3) is 0.471. The molecule has 1 nitrogen and oxygen atoms in total. The third-order valence-corrected chi connectivity index (χ3v) is 5.51. The maximum absolute atomic E-state index is 12.5. The molecule has 0 radical (unpaired) electrons. The number of rotatable bonds is 1. The molecule has 0 aromatic heterocycles. The van der Waals surface area contributed by atoms with Crippen LogP contribution in [0.2, 0.25) is 0 Å². The Kier molecular flexibility index (Phi) is 2.32. The van der Waals surface area contributed by atoms with E-state index in [9.17, 15) is 4.79 Å². The fourth-order valence-corrected chi connectivity index (χ4v) is 3.85. The predicted octanol–water partition coefficient (Wildman–Crippen LogP) is 4.10. The number of hydrogen-bond acceptors (Lipinski definition) is 1. The molecule has 0 saturated heterocycles. The molecular weight excluding hydrogens is 220 g/mol. The summed E-state index contributed by atoms with van der Waals surface area (Å²) < 4.78 is 0. The lowest BCUT2D eigenvalue weighted by Gasteiger charge is -2.34. The largest absolute Gasteiger partial charge is 0.294 e. The Morgan fingerprint density at radius 3 is 2.39 bits per heavy atom. The number of Topliss-reactive ketones (excluding diaryl/α,β-unsaturated/α-hetero) is 1. The van der Waals surface area contributed by atoms with E-state index in [-0.39, 0.29) is 16.7 Å². The third-order valence-electron chi connectivity index (χ3n) is 5.51. The average molecular weight is 240 g/mol. The van der Waals surface area contributed by atoms with Gasteiger partial charge in [0.05, 0.1) is 0 Å². The van der Waals surface area contributed by atoms with Crippen LogP contribution in [0.15, 0.2) is 35.9 Å². The number of allylic oxidation sites excluding steroid dienone is 1. The molecule has 2 fully saturated rings. The van der Waals surface area contributed by atoms with Gasteiger partial charge in [0.15, 0.2) is 5.78 Å². The van der Waals surface area contributed by atoms with Gasteiger partial charge in [0.2, 0.25) is 0 Å². The summed E-state index contributed by atoms with van der Waals surface area (Å²) in [5.74, 6) is 0.620. The predicted molar refractivity (Wildman–Crippen MR) is 74.0 cm³/mol. The van der Waals surface area contributed by atoms with E-state index in [0.717, 1.165) is 24.0 Å². The van der Waals surface area contributed by atoms with E-state index < -0.39 is 0 Å². The Morgan fingerprint density at radius 1 is 1.17 bits per heavy atom. The van der Waals surface area contributed by atoms with Crippen molar-refractivity contribution in [1.82, 2.24) is 0 Å². The van der Waals surface area contributed by atoms with Crippen LogP contribution in [-0.2, 0) is 4.79 Å².